The van der Waals surface area contributed by atoms with Crippen LogP contribution in [0.2, 0.25) is 0 Å². The minimum absolute atomic E-state index is 0.288. The molecule has 5 heteroatoms. The van der Waals surface area contributed by atoms with Gasteiger partial charge in [-0.05, 0) is 49.1 Å². The predicted molar refractivity (Wildman–Crippen MR) is 89.2 cm³/mol. The first kappa shape index (κ1) is 14.9. The number of esters is 1. The summed E-state index contributed by atoms with van der Waals surface area (Å²) >= 11 is 0. The van der Waals surface area contributed by atoms with Crippen molar-refractivity contribution in [3.8, 4) is 11.3 Å². The third-order valence-electron chi connectivity index (χ3n) is 4.40. The van der Waals surface area contributed by atoms with Crippen LogP contribution in [0.1, 0.15) is 23.2 Å². The summed E-state index contributed by atoms with van der Waals surface area (Å²) in [5.41, 5.74) is 2.85. The fourth-order valence-electron chi connectivity index (χ4n) is 2.95. The van der Waals surface area contributed by atoms with Gasteiger partial charge in [-0.2, -0.15) is 5.10 Å². The van der Waals surface area contributed by atoms with Crippen LogP contribution in [0.4, 0.5) is 4.39 Å². The van der Waals surface area contributed by atoms with Gasteiger partial charge in [0.25, 0.3) is 0 Å². The maximum Gasteiger partial charge on any atom is 0.337 e. The Kier molecular flexibility index (Phi) is 3.56. The molecule has 1 saturated carbocycles. The average Bonchev–Trinajstić information content (AvgIpc) is 3.34. The van der Waals surface area contributed by atoms with Crippen molar-refractivity contribution >= 4 is 16.9 Å². The van der Waals surface area contributed by atoms with Crippen molar-refractivity contribution < 1.29 is 13.9 Å². The second kappa shape index (κ2) is 5.74. The number of ether oxygens (including phenoxy) is 1. The molecule has 1 aromatic heterocycles. The lowest BCUT2D eigenvalue weighted by Gasteiger charge is -2.03. The molecule has 0 saturated heterocycles. The van der Waals surface area contributed by atoms with E-state index in [2.05, 4.69) is 0 Å². The Bertz CT molecular complexity index is 928. The van der Waals surface area contributed by atoms with Gasteiger partial charge in [0.2, 0.25) is 0 Å². The molecule has 0 spiro atoms. The maximum absolute atomic E-state index is 13.6. The lowest BCUT2D eigenvalue weighted by Crippen LogP contribution is -2.04. The molecule has 122 valence electrons. The average molecular weight is 324 g/mol. The van der Waals surface area contributed by atoms with Crippen molar-refractivity contribution in [2.45, 2.75) is 19.4 Å². The Morgan fingerprint density at radius 2 is 2.12 bits per heavy atom. The van der Waals surface area contributed by atoms with Crippen molar-refractivity contribution in [1.29, 1.82) is 0 Å². The van der Waals surface area contributed by atoms with Crippen LogP contribution in [0.25, 0.3) is 22.2 Å². The smallest absolute Gasteiger partial charge is 0.337 e. The van der Waals surface area contributed by atoms with E-state index in [9.17, 15) is 9.18 Å². The SMILES string of the molecule is COC(=O)c1ccc2c(-c3cccc(F)c3)nn(CC3CC3)c2c1. The first-order valence-electron chi connectivity index (χ1n) is 8.00. The van der Waals surface area contributed by atoms with E-state index in [1.54, 1.807) is 18.2 Å². The highest BCUT2D eigenvalue weighted by molar-refractivity contribution is 5.99. The van der Waals surface area contributed by atoms with Crippen LogP contribution < -0.4 is 0 Å². The van der Waals surface area contributed by atoms with E-state index in [0.717, 1.165) is 28.7 Å². The van der Waals surface area contributed by atoms with Gasteiger partial charge in [-0.1, -0.05) is 12.1 Å². The normalized spacial score (nSPS) is 14.1. The van der Waals surface area contributed by atoms with Gasteiger partial charge in [0.1, 0.15) is 11.5 Å². The van der Waals surface area contributed by atoms with Crippen LogP contribution in [-0.4, -0.2) is 22.9 Å². The summed E-state index contributed by atoms with van der Waals surface area (Å²) < 4.78 is 20.3. The van der Waals surface area contributed by atoms with Crippen LogP contribution in [0.3, 0.4) is 0 Å². The van der Waals surface area contributed by atoms with E-state index in [1.807, 2.05) is 16.8 Å². The molecule has 0 N–H and O–H groups in total. The zero-order valence-corrected chi connectivity index (χ0v) is 13.3. The number of rotatable bonds is 4. The summed E-state index contributed by atoms with van der Waals surface area (Å²) in [6.07, 6.45) is 2.40. The molecule has 0 aliphatic heterocycles. The fraction of sp³-hybridized carbons (Fsp3) is 0.263. The summed E-state index contributed by atoms with van der Waals surface area (Å²) in [5.74, 6) is -0.0257. The summed E-state index contributed by atoms with van der Waals surface area (Å²) in [6.45, 7) is 0.816. The molecular formula is C19H17FN2O2. The second-order valence-corrected chi connectivity index (χ2v) is 6.21. The molecule has 3 aromatic rings. The molecule has 0 bridgehead atoms. The number of nitrogens with zero attached hydrogens (tertiary/aromatic N) is 2. The molecule has 2 aromatic carbocycles. The summed E-state index contributed by atoms with van der Waals surface area (Å²) in [5, 5.41) is 5.62. The molecule has 1 heterocycles. The van der Waals surface area contributed by atoms with Gasteiger partial charge in [-0.15, -0.1) is 0 Å². The van der Waals surface area contributed by atoms with Crippen molar-refractivity contribution in [3.63, 3.8) is 0 Å². The van der Waals surface area contributed by atoms with Gasteiger partial charge in [0.05, 0.1) is 18.2 Å². The van der Waals surface area contributed by atoms with Gasteiger partial charge in [0.15, 0.2) is 0 Å². The molecular weight excluding hydrogens is 307 g/mol. The minimum Gasteiger partial charge on any atom is -0.465 e. The highest BCUT2D eigenvalue weighted by Gasteiger charge is 2.24. The first-order valence-corrected chi connectivity index (χ1v) is 8.00. The van der Waals surface area contributed by atoms with E-state index >= 15 is 0 Å². The van der Waals surface area contributed by atoms with Crippen LogP contribution in [0.15, 0.2) is 42.5 Å². The number of halogens is 1. The number of aromatic nitrogens is 2. The van der Waals surface area contributed by atoms with Crippen LogP contribution in [0, 0.1) is 11.7 Å². The Balaban J connectivity index is 1.89. The van der Waals surface area contributed by atoms with Crippen molar-refractivity contribution in [3.05, 3.63) is 53.8 Å². The Hall–Kier alpha value is -2.69. The molecule has 1 aliphatic carbocycles. The Morgan fingerprint density at radius 1 is 1.29 bits per heavy atom. The van der Waals surface area contributed by atoms with Gasteiger partial charge < -0.3 is 4.74 Å². The molecule has 0 amide bonds. The van der Waals surface area contributed by atoms with E-state index in [-0.39, 0.29) is 11.8 Å². The fourth-order valence-corrected chi connectivity index (χ4v) is 2.95. The third-order valence-corrected chi connectivity index (χ3v) is 4.40. The zero-order valence-electron chi connectivity index (χ0n) is 13.3. The first-order chi connectivity index (χ1) is 11.7. The molecule has 4 rings (SSSR count). The molecule has 0 unspecified atom stereocenters. The van der Waals surface area contributed by atoms with E-state index in [0.29, 0.717) is 11.5 Å². The van der Waals surface area contributed by atoms with Gasteiger partial charge >= 0.3 is 5.97 Å². The quantitative estimate of drug-likeness (QED) is 0.680. The molecule has 0 atom stereocenters. The summed E-state index contributed by atoms with van der Waals surface area (Å²) in [7, 11) is 1.37. The van der Waals surface area contributed by atoms with E-state index in [1.165, 1.54) is 32.1 Å². The van der Waals surface area contributed by atoms with E-state index < -0.39 is 0 Å². The van der Waals surface area contributed by atoms with Crippen molar-refractivity contribution in [1.82, 2.24) is 9.78 Å². The molecule has 1 fully saturated rings. The number of carbonyl (C=O) groups is 1. The summed E-state index contributed by atoms with van der Waals surface area (Å²) in [4.78, 5) is 11.8. The highest BCUT2D eigenvalue weighted by Crippen LogP contribution is 2.34. The molecule has 0 radical (unpaired) electrons. The van der Waals surface area contributed by atoms with Gasteiger partial charge in [0, 0.05) is 17.5 Å². The molecule has 4 nitrogen and oxygen atoms in total. The summed E-state index contributed by atoms with van der Waals surface area (Å²) in [6, 6.07) is 11.8. The van der Waals surface area contributed by atoms with Crippen LogP contribution >= 0.6 is 0 Å². The van der Waals surface area contributed by atoms with Crippen molar-refractivity contribution in [2.24, 2.45) is 5.92 Å². The Labute approximate surface area is 138 Å². The number of hydrogen-bond acceptors (Lipinski definition) is 3. The maximum atomic E-state index is 13.6. The monoisotopic (exact) mass is 324 g/mol. The molecule has 24 heavy (non-hydrogen) atoms. The zero-order chi connectivity index (χ0) is 16.7. The lowest BCUT2D eigenvalue weighted by atomic mass is 10.1. The number of fused-ring (bicyclic) bond motifs is 1. The number of hydrogen-bond donors (Lipinski definition) is 0. The van der Waals surface area contributed by atoms with Gasteiger partial charge in [-0.25, -0.2) is 9.18 Å². The topological polar surface area (TPSA) is 44.1 Å². The third kappa shape index (κ3) is 2.66. The largest absolute Gasteiger partial charge is 0.465 e. The number of carbonyl (C=O) groups excluding carboxylic acids is 1. The van der Waals surface area contributed by atoms with Crippen LogP contribution in [-0.2, 0) is 11.3 Å². The number of methoxy groups -OCH3 is 1. The lowest BCUT2D eigenvalue weighted by molar-refractivity contribution is 0.0601. The van der Waals surface area contributed by atoms with E-state index in [4.69, 9.17) is 9.84 Å². The van der Waals surface area contributed by atoms with Crippen LogP contribution in [0.5, 0.6) is 0 Å². The van der Waals surface area contributed by atoms with Gasteiger partial charge in [-0.3, -0.25) is 4.68 Å². The minimum atomic E-state index is -0.372. The standard InChI is InChI=1S/C19H17FN2O2/c1-24-19(23)14-7-8-16-17(10-14)22(11-12-5-6-12)21-18(16)13-3-2-4-15(20)9-13/h2-4,7-10,12H,5-6,11H2,1H3. The highest BCUT2D eigenvalue weighted by atomic mass is 19.1. The molecule has 1 aliphatic rings. The number of benzene rings is 2. The predicted octanol–water partition coefficient (Wildman–Crippen LogP) is 4.04. The second-order valence-electron chi connectivity index (χ2n) is 6.21. The van der Waals surface area contributed by atoms with Crippen molar-refractivity contribution in [2.75, 3.05) is 7.11 Å². The Morgan fingerprint density at radius 3 is 2.83 bits per heavy atom.